The van der Waals surface area contributed by atoms with Gasteiger partial charge in [-0.05, 0) is 37.0 Å². The molecule has 194 valence electrons. The van der Waals surface area contributed by atoms with Gasteiger partial charge in [0.25, 0.3) is 0 Å². The topological polar surface area (TPSA) is 211 Å². The summed E-state index contributed by atoms with van der Waals surface area (Å²) in [5, 5.41) is 32.7. The van der Waals surface area contributed by atoms with Crippen LogP contribution in [-0.2, 0) is 32.0 Å². The van der Waals surface area contributed by atoms with E-state index in [2.05, 4.69) is 20.6 Å². The lowest BCUT2D eigenvalue weighted by atomic mass is 10.0. The molecule has 13 heteroatoms. The number of carbonyl (C=O) groups is 4. The maximum Gasteiger partial charge on any atom is 0.328 e. The number of aromatic hydroxyl groups is 1. The molecule has 0 saturated carbocycles. The number of hydrogen-bond donors (Lipinski definition) is 7. The molecule has 0 spiro atoms. The average molecular weight is 503 g/mol. The highest BCUT2D eigenvalue weighted by Gasteiger charge is 2.39. The van der Waals surface area contributed by atoms with E-state index in [1.807, 2.05) is 0 Å². The number of carboxylic acids is 1. The second kappa shape index (κ2) is 12.1. The van der Waals surface area contributed by atoms with Gasteiger partial charge < -0.3 is 41.6 Å². The molecule has 1 aliphatic rings. The summed E-state index contributed by atoms with van der Waals surface area (Å²) in [6.07, 6.45) is 3.99. The number of aliphatic hydroxyl groups is 1. The summed E-state index contributed by atoms with van der Waals surface area (Å²) < 4.78 is 0. The third-order valence-electron chi connectivity index (χ3n) is 5.96. The van der Waals surface area contributed by atoms with E-state index in [1.54, 1.807) is 12.1 Å². The van der Waals surface area contributed by atoms with Crippen LogP contribution in [0.1, 0.15) is 24.1 Å². The predicted octanol–water partition coefficient (Wildman–Crippen LogP) is -1.73. The van der Waals surface area contributed by atoms with Crippen LogP contribution >= 0.6 is 0 Å². The highest BCUT2D eigenvalue weighted by atomic mass is 16.4. The van der Waals surface area contributed by atoms with Gasteiger partial charge in [0.2, 0.25) is 17.7 Å². The molecule has 8 N–H and O–H groups in total. The third kappa shape index (κ3) is 6.79. The first kappa shape index (κ1) is 26.6. The van der Waals surface area contributed by atoms with E-state index < -0.39 is 54.5 Å². The second-order valence-corrected chi connectivity index (χ2v) is 8.59. The van der Waals surface area contributed by atoms with Crippen LogP contribution in [0.4, 0.5) is 0 Å². The fourth-order valence-corrected chi connectivity index (χ4v) is 4.03. The highest BCUT2D eigenvalue weighted by Crippen LogP contribution is 2.20. The summed E-state index contributed by atoms with van der Waals surface area (Å²) in [6, 6.07) is 1.75. The Balaban J connectivity index is 1.72. The fourth-order valence-electron chi connectivity index (χ4n) is 4.03. The molecular formula is C23H30N6O7. The molecule has 2 aromatic rings. The number of nitrogens with zero attached hydrogens (tertiary/aromatic N) is 2. The lowest BCUT2D eigenvalue weighted by Crippen LogP contribution is -2.57. The van der Waals surface area contributed by atoms with Crippen LogP contribution in [0.3, 0.4) is 0 Å². The molecule has 1 aliphatic heterocycles. The molecule has 13 nitrogen and oxygen atoms in total. The number of aromatic nitrogens is 2. The maximum atomic E-state index is 13.5. The van der Waals surface area contributed by atoms with Crippen molar-refractivity contribution in [2.45, 2.75) is 49.9 Å². The molecule has 1 saturated heterocycles. The molecule has 0 radical (unpaired) electrons. The van der Waals surface area contributed by atoms with Crippen LogP contribution in [0, 0.1) is 0 Å². The van der Waals surface area contributed by atoms with Crippen LogP contribution in [0.25, 0.3) is 0 Å². The molecule has 0 bridgehead atoms. The summed E-state index contributed by atoms with van der Waals surface area (Å²) >= 11 is 0. The number of benzene rings is 1. The summed E-state index contributed by atoms with van der Waals surface area (Å²) in [5.41, 5.74) is 7.37. The zero-order valence-electron chi connectivity index (χ0n) is 19.5. The van der Waals surface area contributed by atoms with Crippen molar-refractivity contribution < 1.29 is 34.5 Å². The molecule has 1 aromatic carbocycles. The highest BCUT2D eigenvalue weighted by molar-refractivity contribution is 5.94. The largest absolute Gasteiger partial charge is 0.508 e. The summed E-state index contributed by atoms with van der Waals surface area (Å²) in [5.74, 6) is -3.11. The van der Waals surface area contributed by atoms with Gasteiger partial charge in [-0.2, -0.15) is 0 Å². The summed E-state index contributed by atoms with van der Waals surface area (Å²) in [4.78, 5) is 58.4. The van der Waals surface area contributed by atoms with E-state index in [4.69, 9.17) is 10.8 Å². The van der Waals surface area contributed by atoms with E-state index in [1.165, 1.54) is 29.6 Å². The molecule has 2 heterocycles. The number of phenols is 1. The Morgan fingerprint density at radius 2 is 1.86 bits per heavy atom. The zero-order valence-corrected chi connectivity index (χ0v) is 19.5. The Hall–Kier alpha value is -3.97. The van der Waals surface area contributed by atoms with Crippen molar-refractivity contribution in [1.82, 2.24) is 25.5 Å². The van der Waals surface area contributed by atoms with Gasteiger partial charge in [0.05, 0.1) is 19.0 Å². The van der Waals surface area contributed by atoms with Crippen molar-refractivity contribution in [1.29, 1.82) is 0 Å². The van der Waals surface area contributed by atoms with Crippen molar-refractivity contribution in [2.75, 3.05) is 13.2 Å². The SMILES string of the molecule is NC(Cc1ccc(O)cc1)C(=O)NC(Cc1cnc[nH]1)C(=O)N1CCCC1C(=O)NC(CO)C(=O)O. The number of rotatable bonds is 11. The number of carboxylic acid groups (broad SMARTS) is 1. The molecule has 0 aliphatic carbocycles. The Kier molecular flexibility index (Phi) is 8.97. The quantitative estimate of drug-likeness (QED) is 0.186. The first-order chi connectivity index (χ1) is 17.2. The van der Waals surface area contributed by atoms with Gasteiger partial charge in [-0.25, -0.2) is 9.78 Å². The number of nitrogens with one attached hydrogen (secondary N) is 3. The Labute approximate surface area is 206 Å². The standard InChI is InChI=1S/C23H30N6O7/c24-16(8-13-3-5-15(31)6-4-13)20(32)27-17(9-14-10-25-12-26-14)22(34)29-7-1-2-19(29)21(33)28-18(11-30)23(35)36/h3-6,10,12,16-19,30-31H,1-2,7-9,11,24H2,(H,25,26)(H,27,32)(H,28,33)(H,35,36). The number of hydrogen-bond acceptors (Lipinski definition) is 8. The van der Waals surface area contributed by atoms with Crippen LogP contribution in [0.15, 0.2) is 36.8 Å². The van der Waals surface area contributed by atoms with Crippen LogP contribution in [0.2, 0.25) is 0 Å². The smallest absolute Gasteiger partial charge is 0.328 e. The Bertz CT molecular complexity index is 1060. The number of likely N-dealkylation sites (tertiary alicyclic amines) is 1. The molecule has 36 heavy (non-hydrogen) atoms. The number of carbonyl (C=O) groups excluding carboxylic acids is 3. The molecular weight excluding hydrogens is 472 g/mol. The van der Waals surface area contributed by atoms with Crippen molar-refractivity contribution in [2.24, 2.45) is 5.73 Å². The van der Waals surface area contributed by atoms with Gasteiger partial charge in [0.1, 0.15) is 23.9 Å². The number of imidazole rings is 1. The van der Waals surface area contributed by atoms with Gasteiger partial charge in [-0.1, -0.05) is 12.1 Å². The zero-order chi connectivity index (χ0) is 26.2. The van der Waals surface area contributed by atoms with E-state index in [-0.39, 0.29) is 25.1 Å². The Morgan fingerprint density at radius 3 is 2.47 bits per heavy atom. The van der Waals surface area contributed by atoms with Gasteiger partial charge in [0.15, 0.2) is 0 Å². The minimum absolute atomic E-state index is 0.0652. The average Bonchev–Trinajstić information content (AvgIpc) is 3.55. The molecule has 1 fully saturated rings. The minimum Gasteiger partial charge on any atom is -0.508 e. The third-order valence-corrected chi connectivity index (χ3v) is 5.96. The van der Waals surface area contributed by atoms with Gasteiger partial charge in [-0.15, -0.1) is 0 Å². The molecule has 3 rings (SSSR count). The van der Waals surface area contributed by atoms with Crippen LogP contribution in [0.5, 0.6) is 5.75 Å². The predicted molar refractivity (Wildman–Crippen MR) is 125 cm³/mol. The van der Waals surface area contributed by atoms with Crippen molar-refractivity contribution in [3.63, 3.8) is 0 Å². The second-order valence-electron chi connectivity index (χ2n) is 8.59. The minimum atomic E-state index is -1.49. The van der Waals surface area contributed by atoms with Crippen LogP contribution in [-0.4, -0.2) is 91.2 Å². The van der Waals surface area contributed by atoms with Crippen molar-refractivity contribution in [3.8, 4) is 5.75 Å². The van der Waals surface area contributed by atoms with E-state index in [0.717, 1.165) is 5.56 Å². The van der Waals surface area contributed by atoms with E-state index in [0.29, 0.717) is 18.5 Å². The lowest BCUT2D eigenvalue weighted by Gasteiger charge is -2.29. The number of H-pyrrole nitrogens is 1. The number of aromatic amines is 1. The van der Waals surface area contributed by atoms with Gasteiger partial charge >= 0.3 is 5.97 Å². The summed E-state index contributed by atoms with van der Waals surface area (Å²) in [6.45, 7) is -0.554. The van der Waals surface area contributed by atoms with Crippen molar-refractivity contribution >= 4 is 23.7 Å². The monoisotopic (exact) mass is 502 g/mol. The van der Waals surface area contributed by atoms with E-state index in [9.17, 15) is 29.4 Å². The summed E-state index contributed by atoms with van der Waals surface area (Å²) in [7, 11) is 0. The molecule has 4 atom stereocenters. The number of phenolic OH excluding ortho intramolecular Hbond substituents is 1. The number of aliphatic carboxylic acids is 1. The van der Waals surface area contributed by atoms with Crippen LogP contribution < -0.4 is 16.4 Å². The lowest BCUT2D eigenvalue weighted by molar-refractivity contribution is -0.145. The molecule has 3 amide bonds. The van der Waals surface area contributed by atoms with Crippen molar-refractivity contribution in [3.05, 3.63) is 48.0 Å². The first-order valence-corrected chi connectivity index (χ1v) is 11.4. The maximum absolute atomic E-state index is 13.5. The fraction of sp³-hybridized carbons (Fsp3) is 0.435. The molecule has 1 aromatic heterocycles. The van der Waals surface area contributed by atoms with Gasteiger partial charge in [0, 0.05) is 24.9 Å². The normalized spacial score (nSPS) is 17.7. The number of aliphatic hydroxyl groups excluding tert-OH is 1. The number of nitrogens with two attached hydrogens (primary N) is 1. The first-order valence-electron chi connectivity index (χ1n) is 11.4. The Morgan fingerprint density at radius 1 is 1.14 bits per heavy atom. The molecule has 4 unspecified atom stereocenters. The van der Waals surface area contributed by atoms with Gasteiger partial charge in [-0.3, -0.25) is 14.4 Å². The number of amides is 3. The van der Waals surface area contributed by atoms with E-state index >= 15 is 0 Å².